The number of carbonyl (C=O) groups is 1. The lowest BCUT2D eigenvalue weighted by atomic mass is 10.1. The van der Waals surface area contributed by atoms with Crippen molar-refractivity contribution in [3.63, 3.8) is 0 Å². The molecule has 1 aromatic heterocycles. The molecule has 0 fully saturated rings. The second kappa shape index (κ2) is 7.48. The maximum Gasteiger partial charge on any atom is 0.231 e. The maximum absolute atomic E-state index is 12.4. The number of hydrogen-bond acceptors (Lipinski definition) is 6. The van der Waals surface area contributed by atoms with Crippen molar-refractivity contribution in [2.45, 2.75) is 0 Å². The van der Waals surface area contributed by atoms with Gasteiger partial charge >= 0.3 is 0 Å². The molecule has 4 rings (SSSR count). The summed E-state index contributed by atoms with van der Waals surface area (Å²) in [7, 11) is 3.17. The number of nitrogens with one attached hydrogen (secondary N) is 1. The molecule has 2 aromatic carbocycles. The number of H-pyrrole nitrogens is 1. The highest BCUT2D eigenvalue weighted by atomic mass is 16.7. The third kappa shape index (κ3) is 3.42. The second-order valence-electron chi connectivity index (χ2n) is 6.04. The second-order valence-corrected chi connectivity index (χ2v) is 6.04. The van der Waals surface area contributed by atoms with E-state index >= 15 is 0 Å². The van der Waals surface area contributed by atoms with Crippen LogP contribution < -0.4 is 18.9 Å². The zero-order chi connectivity index (χ0) is 19.5. The first-order valence-electron chi connectivity index (χ1n) is 8.58. The standard InChI is InChI=1S/C21H18N2O5/c1-25-18-7-3-13(9-20(18)26-2)16-11-15(22-23-16)5-6-17(24)14-4-8-19-21(10-14)28-12-27-19/h3-11H,12H2,1-2H3,(H,22,23)/b6-5+. The number of ketones is 1. The zero-order valence-electron chi connectivity index (χ0n) is 15.4. The Morgan fingerprint density at radius 3 is 2.68 bits per heavy atom. The van der Waals surface area contributed by atoms with Gasteiger partial charge in [0.05, 0.1) is 25.6 Å². The molecule has 0 aliphatic carbocycles. The van der Waals surface area contributed by atoms with E-state index in [2.05, 4.69) is 10.2 Å². The fourth-order valence-corrected chi connectivity index (χ4v) is 2.88. The van der Waals surface area contributed by atoms with Gasteiger partial charge in [-0.05, 0) is 54.6 Å². The number of nitrogens with zero attached hydrogens (tertiary/aromatic N) is 1. The Kier molecular flexibility index (Phi) is 4.72. The Morgan fingerprint density at radius 2 is 1.86 bits per heavy atom. The summed E-state index contributed by atoms with van der Waals surface area (Å²) in [6.45, 7) is 0.176. The number of allylic oxidation sites excluding steroid dienone is 1. The highest BCUT2D eigenvalue weighted by Crippen LogP contribution is 2.33. The first-order chi connectivity index (χ1) is 13.7. The average molecular weight is 378 g/mol. The molecule has 2 heterocycles. The Labute approximate surface area is 161 Å². The minimum Gasteiger partial charge on any atom is -0.493 e. The molecule has 0 saturated heterocycles. The van der Waals surface area contributed by atoms with Crippen LogP contribution >= 0.6 is 0 Å². The molecule has 1 N–H and O–H groups in total. The predicted molar refractivity (Wildman–Crippen MR) is 103 cm³/mol. The number of aromatic amines is 1. The summed E-state index contributed by atoms with van der Waals surface area (Å²) in [5.74, 6) is 2.36. The number of fused-ring (bicyclic) bond motifs is 1. The van der Waals surface area contributed by atoms with Gasteiger partial charge in [-0.3, -0.25) is 9.89 Å². The minimum absolute atomic E-state index is 0.138. The van der Waals surface area contributed by atoms with Crippen molar-refractivity contribution in [2.75, 3.05) is 21.0 Å². The molecular formula is C21H18N2O5. The molecule has 0 saturated carbocycles. The molecule has 142 valence electrons. The van der Waals surface area contributed by atoms with Gasteiger partial charge in [-0.15, -0.1) is 0 Å². The first kappa shape index (κ1) is 17.7. The summed E-state index contributed by atoms with van der Waals surface area (Å²) in [4.78, 5) is 12.4. The molecule has 1 aliphatic rings. The number of methoxy groups -OCH3 is 2. The van der Waals surface area contributed by atoms with Gasteiger partial charge in [0, 0.05) is 11.1 Å². The van der Waals surface area contributed by atoms with E-state index < -0.39 is 0 Å². The number of carbonyl (C=O) groups excluding carboxylic acids is 1. The van der Waals surface area contributed by atoms with E-state index in [1.807, 2.05) is 24.3 Å². The number of benzene rings is 2. The third-order valence-corrected chi connectivity index (χ3v) is 4.35. The van der Waals surface area contributed by atoms with Gasteiger partial charge < -0.3 is 18.9 Å². The number of ether oxygens (including phenoxy) is 4. The Hall–Kier alpha value is -3.74. The van der Waals surface area contributed by atoms with Gasteiger partial charge in [-0.2, -0.15) is 5.10 Å². The molecule has 7 heteroatoms. The van der Waals surface area contributed by atoms with Crippen molar-refractivity contribution in [1.82, 2.24) is 10.2 Å². The molecular weight excluding hydrogens is 360 g/mol. The van der Waals surface area contributed by atoms with Crippen LogP contribution in [0.25, 0.3) is 17.3 Å². The Morgan fingerprint density at radius 1 is 1.04 bits per heavy atom. The fraction of sp³-hybridized carbons (Fsp3) is 0.143. The van der Waals surface area contributed by atoms with Crippen molar-refractivity contribution in [2.24, 2.45) is 0 Å². The zero-order valence-corrected chi connectivity index (χ0v) is 15.4. The highest BCUT2D eigenvalue weighted by molar-refractivity contribution is 6.07. The SMILES string of the molecule is COc1ccc(-c2cc(/C=C/C(=O)c3ccc4c(c3)OCO4)[nH]n2)cc1OC. The van der Waals surface area contributed by atoms with Crippen LogP contribution in [0, 0.1) is 0 Å². The molecule has 7 nitrogen and oxygen atoms in total. The summed E-state index contributed by atoms with van der Waals surface area (Å²) < 4.78 is 21.1. The molecule has 3 aromatic rings. The van der Waals surface area contributed by atoms with E-state index in [1.54, 1.807) is 38.5 Å². The summed E-state index contributed by atoms with van der Waals surface area (Å²) in [6.07, 6.45) is 3.17. The number of aromatic nitrogens is 2. The van der Waals surface area contributed by atoms with Gasteiger partial charge in [-0.25, -0.2) is 0 Å². The number of hydrogen-bond donors (Lipinski definition) is 1. The Bertz CT molecular complexity index is 1050. The largest absolute Gasteiger partial charge is 0.493 e. The topological polar surface area (TPSA) is 82.7 Å². The van der Waals surface area contributed by atoms with Crippen LogP contribution in [0.4, 0.5) is 0 Å². The third-order valence-electron chi connectivity index (χ3n) is 4.35. The van der Waals surface area contributed by atoms with Crippen LogP contribution in [0.3, 0.4) is 0 Å². The van der Waals surface area contributed by atoms with E-state index in [0.29, 0.717) is 34.3 Å². The first-order valence-corrected chi connectivity index (χ1v) is 8.58. The lowest BCUT2D eigenvalue weighted by molar-refractivity contribution is 0.104. The van der Waals surface area contributed by atoms with E-state index in [1.165, 1.54) is 6.08 Å². The van der Waals surface area contributed by atoms with Gasteiger partial charge in [-0.1, -0.05) is 0 Å². The van der Waals surface area contributed by atoms with Gasteiger partial charge in [0.15, 0.2) is 28.8 Å². The van der Waals surface area contributed by atoms with Crippen molar-refractivity contribution < 1.29 is 23.7 Å². The molecule has 0 radical (unpaired) electrons. The van der Waals surface area contributed by atoms with Crippen LogP contribution in [0.1, 0.15) is 16.1 Å². The van der Waals surface area contributed by atoms with Gasteiger partial charge in [0.1, 0.15) is 0 Å². The van der Waals surface area contributed by atoms with E-state index in [9.17, 15) is 4.79 Å². The van der Waals surface area contributed by atoms with Crippen LogP contribution in [-0.2, 0) is 0 Å². The van der Waals surface area contributed by atoms with Crippen LogP contribution in [0.5, 0.6) is 23.0 Å². The molecule has 0 amide bonds. The normalized spacial score (nSPS) is 12.4. The molecule has 1 aliphatic heterocycles. The van der Waals surface area contributed by atoms with Gasteiger partial charge in [0.25, 0.3) is 0 Å². The van der Waals surface area contributed by atoms with E-state index in [4.69, 9.17) is 18.9 Å². The molecule has 0 spiro atoms. The van der Waals surface area contributed by atoms with Crippen molar-refractivity contribution in [3.05, 3.63) is 59.8 Å². The van der Waals surface area contributed by atoms with Crippen LogP contribution in [0.2, 0.25) is 0 Å². The smallest absolute Gasteiger partial charge is 0.231 e. The summed E-state index contributed by atoms with van der Waals surface area (Å²) in [5, 5.41) is 7.21. The van der Waals surface area contributed by atoms with E-state index in [0.717, 1.165) is 11.3 Å². The lowest BCUT2D eigenvalue weighted by Crippen LogP contribution is -1.94. The highest BCUT2D eigenvalue weighted by Gasteiger charge is 2.15. The molecule has 0 atom stereocenters. The van der Waals surface area contributed by atoms with Gasteiger partial charge in [0.2, 0.25) is 6.79 Å². The molecule has 0 bridgehead atoms. The summed E-state index contributed by atoms with van der Waals surface area (Å²) in [6, 6.07) is 12.5. The minimum atomic E-state index is -0.138. The maximum atomic E-state index is 12.4. The van der Waals surface area contributed by atoms with Crippen LogP contribution in [0.15, 0.2) is 48.5 Å². The fourth-order valence-electron chi connectivity index (χ4n) is 2.88. The monoisotopic (exact) mass is 378 g/mol. The summed E-state index contributed by atoms with van der Waals surface area (Å²) in [5.41, 5.74) is 2.84. The summed E-state index contributed by atoms with van der Waals surface area (Å²) >= 11 is 0. The lowest BCUT2D eigenvalue weighted by Gasteiger charge is -2.08. The predicted octanol–water partition coefficient (Wildman–Crippen LogP) is 3.72. The van der Waals surface area contributed by atoms with Crippen molar-refractivity contribution in [3.8, 4) is 34.3 Å². The Balaban J connectivity index is 1.51. The quantitative estimate of drug-likeness (QED) is 0.520. The van der Waals surface area contributed by atoms with Crippen molar-refractivity contribution >= 4 is 11.9 Å². The van der Waals surface area contributed by atoms with Crippen LogP contribution in [-0.4, -0.2) is 37.0 Å². The van der Waals surface area contributed by atoms with Crippen molar-refractivity contribution in [1.29, 1.82) is 0 Å². The molecule has 0 unspecified atom stereocenters. The average Bonchev–Trinajstić information content (AvgIpc) is 3.40. The van der Waals surface area contributed by atoms with E-state index in [-0.39, 0.29) is 12.6 Å². The number of rotatable bonds is 6. The molecule has 28 heavy (non-hydrogen) atoms.